The number of aliphatic carboxylic acids is 1. The average molecular weight is 214 g/mol. The van der Waals surface area contributed by atoms with Crippen LogP contribution in [0.4, 0.5) is 0 Å². The van der Waals surface area contributed by atoms with Gasteiger partial charge in [0.05, 0.1) is 6.42 Å². The van der Waals surface area contributed by atoms with Gasteiger partial charge in [-0.25, -0.2) is 0 Å². The normalized spacial score (nSPS) is 18.3. The highest BCUT2D eigenvalue weighted by molar-refractivity contribution is 5.84. The fourth-order valence-electron chi connectivity index (χ4n) is 1.60. The van der Waals surface area contributed by atoms with E-state index in [-0.39, 0.29) is 17.9 Å². The van der Waals surface area contributed by atoms with Crippen molar-refractivity contribution in [1.29, 1.82) is 0 Å². The van der Waals surface area contributed by atoms with Gasteiger partial charge < -0.3 is 16.2 Å². The predicted molar refractivity (Wildman–Crippen MR) is 55.2 cm³/mol. The van der Waals surface area contributed by atoms with Crippen molar-refractivity contribution in [2.45, 2.75) is 44.7 Å². The first-order valence-electron chi connectivity index (χ1n) is 5.12. The third-order valence-electron chi connectivity index (χ3n) is 2.78. The van der Waals surface area contributed by atoms with Crippen molar-refractivity contribution in [1.82, 2.24) is 5.32 Å². The molecule has 1 fully saturated rings. The summed E-state index contributed by atoms with van der Waals surface area (Å²) >= 11 is 0. The molecule has 5 heteroatoms. The molecule has 1 saturated carbocycles. The Morgan fingerprint density at radius 3 is 2.47 bits per heavy atom. The molecule has 0 aromatic carbocycles. The highest BCUT2D eigenvalue weighted by Crippen LogP contribution is 2.39. The van der Waals surface area contributed by atoms with Gasteiger partial charge in [0.25, 0.3) is 0 Å². The number of nitrogens with two attached hydrogens (primary N) is 1. The minimum Gasteiger partial charge on any atom is -0.480 e. The number of amides is 1. The summed E-state index contributed by atoms with van der Waals surface area (Å²) in [4.78, 5) is 21.9. The largest absolute Gasteiger partial charge is 0.480 e. The van der Waals surface area contributed by atoms with Crippen LogP contribution in [0.2, 0.25) is 0 Å². The van der Waals surface area contributed by atoms with Crippen molar-refractivity contribution in [2.24, 2.45) is 11.7 Å². The van der Waals surface area contributed by atoms with Crippen molar-refractivity contribution in [2.75, 3.05) is 0 Å². The van der Waals surface area contributed by atoms with Crippen LogP contribution in [0.5, 0.6) is 0 Å². The first-order chi connectivity index (χ1) is 6.83. The lowest BCUT2D eigenvalue weighted by molar-refractivity contribution is -0.140. The summed E-state index contributed by atoms with van der Waals surface area (Å²) in [5, 5.41) is 11.4. The molecule has 0 unspecified atom stereocenters. The lowest BCUT2D eigenvalue weighted by Crippen LogP contribution is -2.47. The molecule has 0 aromatic heterocycles. The maximum absolute atomic E-state index is 11.5. The Kier molecular flexibility index (Phi) is 3.34. The summed E-state index contributed by atoms with van der Waals surface area (Å²) < 4.78 is 0. The Morgan fingerprint density at radius 1 is 1.53 bits per heavy atom. The van der Waals surface area contributed by atoms with Crippen LogP contribution in [0.25, 0.3) is 0 Å². The molecule has 4 N–H and O–H groups in total. The number of carbonyl (C=O) groups excluding carboxylic acids is 1. The summed E-state index contributed by atoms with van der Waals surface area (Å²) in [6.07, 6.45) is 2.09. The molecule has 0 aromatic rings. The van der Waals surface area contributed by atoms with E-state index in [1.807, 2.05) is 13.8 Å². The van der Waals surface area contributed by atoms with Crippen LogP contribution in [-0.4, -0.2) is 28.6 Å². The summed E-state index contributed by atoms with van der Waals surface area (Å²) in [6, 6.07) is -1.11. The molecule has 1 amide bonds. The van der Waals surface area contributed by atoms with E-state index in [2.05, 4.69) is 5.32 Å². The molecule has 0 heterocycles. The van der Waals surface area contributed by atoms with Crippen LogP contribution >= 0.6 is 0 Å². The lowest BCUT2D eigenvalue weighted by Gasteiger charge is -2.26. The number of carbonyl (C=O) groups is 2. The molecule has 15 heavy (non-hydrogen) atoms. The quantitative estimate of drug-likeness (QED) is 0.605. The van der Waals surface area contributed by atoms with E-state index in [4.69, 9.17) is 10.8 Å². The lowest BCUT2D eigenvalue weighted by atomic mass is 9.98. The molecule has 0 radical (unpaired) electrons. The highest BCUT2D eigenvalue weighted by atomic mass is 16.4. The monoisotopic (exact) mass is 214 g/mol. The molecule has 0 aliphatic heterocycles. The smallest absolute Gasteiger partial charge is 0.321 e. The standard InChI is InChI=1S/C10H18N2O3/c1-10(2,6-3-4-6)12-8(13)5-7(11)9(14)15/h6-7H,3-5,11H2,1-2H3,(H,12,13)(H,14,15)/t7-/m0/s1. The zero-order chi connectivity index (χ0) is 11.6. The van der Waals surface area contributed by atoms with Crippen LogP contribution in [0.3, 0.4) is 0 Å². The van der Waals surface area contributed by atoms with Gasteiger partial charge in [0, 0.05) is 5.54 Å². The van der Waals surface area contributed by atoms with Gasteiger partial charge in [-0.05, 0) is 32.6 Å². The predicted octanol–water partition coefficient (Wildman–Crippen LogP) is 0.0932. The Morgan fingerprint density at radius 2 is 2.07 bits per heavy atom. The second kappa shape index (κ2) is 4.18. The van der Waals surface area contributed by atoms with E-state index in [9.17, 15) is 9.59 Å². The zero-order valence-electron chi connectivity index (χ0n) is 9.12. The second-order valence-electron chi connectivity index (χ2n) is 4.69. The average Bonchev–Trinajstić information content (AvgIpc) is 2.83. The summed E-state index contributed by atoms with van der Waals surface area (Å²) in [5.41, 5.74) is 5.03. The van der Waals surface area contributed by atoms with Gasteiger partial charge in [0.15, 0.2) is 0 Å². The van der Waals surface area contributed by atoms with Crippen LogP contribution in [0, 0.1) is 5.92 Å². The molecule has 1 aliphatic rings. The molecule has 5 nitrogen and oxygen atoms in total. The van der Waals surface area contributed by atoms with Crippen molar-refractivity contribution in [3.63, 3.8) is 0 Å². The number of nitrogens with one attached hydrogen (secondary N) is 1. The Hall–Kier alpha value is -1.10. The SMILES string of the molecule is CC(C)(NC(=O)C[C@H](N)C(=O)O)C1CC1. The number of hydrogen-bond donors (Lipinski definition) is 3. The summed E-state index contributed by atoms with van der Waals surface area (Å²) in [7, 11) is 0. The molecular formula is C10H18N2O3. The minimum absolute atomic E-state index is 0.161. The first kappa shape index (κ1) is 12.0. The third kappa shape index (κ3) is 3.51. The number of rotatable bonds is 5. The molecule has 1 aliphatic carbocycles. The van der Waals surface area contributed by atoms with Gasteiger partial charge in [-0.3, -0.25) is 9.59 Å². The highest BCUT2D eigenvalue weighted by Gasteiger charge is 2.38. The van der Waals surface area contributed by atoms with Gasteiger partial charge in [-0.1, -0.05) is 0 Å². The molecule has 0 bridgehead atoms. The maximum atomic E-state index is 11.5. The van der Waals surface area contributed by atoms with E-state index in [0.29, 0.717) is 5.92 Å². The second-order valence-corrected chi connectivity index (χ2v) is 4.69. The molecule has 0 saturated heterocycles. The van der Waals surface area contributed by atoms with Gasteiger partial charge >= 0.3 is 5.97 Å². The van der Waals surface area contributed by atoms with Crippen LogP contribution in [0.15, 0.2) is 0 Å². The molecular weight excluding hydrogens is 196 g/mol. The summed E-state index contributed by atoms with van der Waals surface area (Å²) in [6.45, 7) is 3.91. The maximum Gasteiger partial charge on any atom is 0.321 e. The summed E-state index contributed by atoms with van der Waals surface area (Å²) in [5.74, 6) is -0.918. The topological polar surface area (TPSA) is 92.4 Å². The van der Waals surface area contributed by atoms with E-state index in [1.54, 1.807) is 0 Å². The zero-order valence-corrected chi connectivity index (χ0v) is 9.12. The molecule has 1 atom stereocenters. The van der Waals surface area contributed by atoms with E-state index < -0.39 is 12.0 Å². The minimum atomic E-state index is -1.14. The van der Waals surface area contributed by atoms with Crippen molar-refractivity contribution in [3.8, 4) is 0 Å². The molecule has 1 rings (SSSR count). The number of hydrogen-bond acceptors (Lipinski definition) is 3. The van der Waals surface area contributed by atoms with E-state index >= 15 is 0 Å². The van der Waals surface area contributed by atoms with E-state index in [1.165, 1.54) is 0 Å². The fourth-order valence-corrected chi connectivity index (χ4v) is 1.60. The number of carboxylic acids is 1. The van der Waals surface area contributed by atoms with Crippen molar-refractivity contribution in [3.05, 3.63) is 0 Å². The molecule has 86 valence electrons. The van der Waals surface area contributed by atoms with Gasteiger partial charge in [0.2, 0.25) is 5.91 Å². The fraction of sp³-hybridized carbons (Fsp3) is 0.800. The Balaban J connectivity index is 2.38. The van der Waals surface area contributed by atoms with Gasteiger partial charge in [-0.15, -0.1) is 0 Å². The third-order valence-corrected chi connectivity index (χ3v) is 2.78. The number of carboxylic acid groups (broad SMARTS) is 1. The molecule has 0 spiro atoms. The van der Waals surface area contributed by atoms with Gasteiger partial charge in [0.1, 0.15) is 6.04 Å². The Labute approximate surface area is 89.0 Å². The van der Waals surface area contributed by atoms with Crippen LogP contribution in [-0.2, 0) is 9.59 Å². The van der Waals surface area contributed by atoms with Crippen molar-refractivity contribution >= 4 is 11.9 Å². The van der Waals surface area contributed by atoms with Crippen molar-refractivity contribution < 1.29 is 14.7 Å². The van der Waals surface area contributed by atoms with Crippen LogP contribution in [0.1, 0.15) is 33.1 Å². The van der Waals surface area contributed by atoms with Crippen LogP contribution < -0.4 is 11.1 Å². The Bertz CT molecular complexity index is 272. The van der Waals surface area contributed by atoms with E-state index in [0.717, 1.165) is 12.8 Å². The van der Waals surface area contributed by atoms with Gasteiger partial charge in [-0.2, -0.15) is 0 Å². The first-order valence-corrected chi connectivity index (χ1v) is 5.12.